The molecule has 0 aromatic heterocycles. The van der Waals surface area contributed by atoms with Crippen molar-refractivity contribution in [2.75, 3.05) is 24.1 Å². The minimum Gasteiger partial charge on any atom is -0.492 e. The first-order valence-corrected chi connectivity index (χ1v) is 12.3. The number of nitrogens with one attached hydrogen (secondary N) is 1. The molecule has 3 rings (SSSR count). The summed E-state index contributed by atoms with van der Waals surface area (Å²) in [7, 11) is -4.06. The molecule has 3 aromatic rings. The van der Waals surface area contributed by atoms with Gasteiger partial charge in [0.25, 0.3) is 15.9 Å². The lowest BCUT2D eigenvalue weighted by atomic mass is 10.2. The van der Waals surface area contributed by atoms with E-state index in [1.165, 1.54) is 18.3 Å². The number of nitrogens with zero attached hydrogens (tertiary/aromatic N) is 2. The third kappa shape index (κ3) is 6.94. The Labute approximate surface area is 205 Å². The van der Waals surface area contributed by atoms with Crippen LogP contribution in [-0.4, -0.2) is 40.3 Å². The van der Waals surface area contributed by atoms with Crippen molar-refractivity contribution < 1.29 is 22.7 Å². The second kappa shape index (κ2) is 12.4. The van der Waals surface area contributed by atoms with Gasteiger partial charge >= 0.3 is 0 Å². The van der Waals surface area contributed by atoms with Crippen LogP contribution in [-0.2, 0) is 14.8 Å². The summed E-state index contributed by atoms with van der Waals surface area (Å²) >= 11 is 0. The van der Waals surface area contributed by atoms with Gasteiger partial charge in [-0.3, -0.25) is 9.10 Å². The van der Waals surface area contributed by atoms with E-state index in [0.717, 1.165) is 9.87 Å². The van der Waals surface area contributed by atoms with E-state index in [-0.39, 0.29) is 10.6 Å². The molecule has 0 spiro atoms. The van der Waals surface area contributed by atoms with Crippen molar-refractivity contribution >= 4 is 27.8 Å². The van der Waals surface area contributed by atoms with Gasteiger partial charge < -0.3 is 9.47 Å². The number of hydrogen-bond acceptors (Lipinski definition) is 6. The average molecular weight is 494 g/mol. The molecule has 0 atom stereocenters. The van der Waals surface area contributed by atoms with Gasteiger partial charge in [-0.15, -0.1) is 0 Å². The maximum absolute atomic E-state index is 13.5. The lowest BCUT2D eigenvalue weighted by Gasteiger charge is -2.25. The molecule has 1 amide bonds. The molecule has 8 nitrogen and oxygen atoms in total. The van der Waals surface area contributed by atoms with Crippen LogP contribution in [0.1, 0.15) is 12.5 Å². The Kier molecular flexibility index (Phi) is 9.02. The van der Waals surface area contributed by atoms with E-state index in [0.29, 0.717) is 24.7 Å². The molecule has 1 N–H and O–H groups in total. The minimum absolute atomic E-state index is 0.0568. The van der Waals surface area contributed by atoms with Crippen molar-refractivity contribution in [1.29, 1.82) is 0 Å². The highest BCUT2D eigenvalue weighted by atomic mass is 32.2. The lowest BCUT2D eigenvalue weighted by Crippen LogP contribution is -2.39. The van der Waals surface area contributed by atoms with Crippen molar-refractivity contribution in [2.24, 2.45) is 5.10 Å². The number of anilines is 1. The van der Waals surface area contributed by atoms with Crippen LogP contribution in [0.4, 0.5) is 5.69 Å². The molecule has 0 aliphatic rings. The van der Waals surface area contributed by atoms with E-state index in [4.69, 9.17) is 9.47 Å². The number of hydrazone groups is 1. The summed E-state index contributed by atoms with van der Waals surface area (Å²) in [5.74, 6) is 0.420. The summed E-state index contributed by atoms with van der Waals surface area (Å²) < 4.78 is 39.0. The van der Waals surface area contributed by atoms with Crippen molar-refractivity contribution in [2.45, 2.75) is 11.8 Å². The van der Waals surface area contributed by atoms with Crippen LogP contribution in [0.25, 0.3) is 0 Å². The third-order valence-corrected chi connectivity index (χ3v) is 6.48. The molecule has 9 heteroatoms. The first-order chi connectivity index (χ1) is 17.0. The second-order valence-corrected chi connectivity index (χ2v) is 9.05. The Balaban J connectivity index is 1.79. The molecular formula is C26H27N3O5S. The number of carbonyl (C=O) groups excluding carboxylic acids is 1. The van der Waals surface area contributed by atoms with E-state index in [1.807, 2.05) is 0 Å². The van der Waals surface area contributed by atoms with E-state index in [2.05, 4.69) is 17.1 Å². The third-order valence-electron chi connectivity index (χ3n) is 4.70. The Bertz CT molecular complexity index is 1260. The number of carbonyl (C=O) groups is 1. The molecule has 182 valence electrons. The van der Waals surface area contributed by atoms with Crippen molar-refractivity contribution in [1.82, 2.24) is 5.43 Å². The van der Waals surface area contributed by atoms with Gasteiger partial charge in [0.15, 0.2) is 0 Å². The van der Waals surface area contributed by atoms with Gasteiger partial charge in [-0.2, -0.15) is 5.10 Å². The van der Waals surface area contributed by atoms with Gasteiger partial charge in [-0.1, -0.05) is 43.0 Å². The number of hydrogen-bond donors (Lipinski definition) is 1. The molecular weight excluding hydrogens is 466 g/mol. The predicted octanol–water partition coefficient (Wildman–Crippen LogP) is 4.00. The number of para-hydroxylation sites is 2. The Morgan fingerprint density at radius 1 is 1.00 bits per heavy atom. The quantitative estimate of drug-likeness (QED) is 0.234. The molecule has 0 bridgehead atoms. The van der Waals surface area contributed by atoms with E-state index >= 15 is 0 Å². The number of ether oxygens (including phenoxy) is 2. The number of rotatable bonds is 12. The zero-order chi connectivity index (χ0) is 25.1. The fraction of sp³-hybridized carbons (Fsp3) is 0.154. The summed E-state index contributed by atoms with van der Waals surface area (Å²) in [6, 6.07) is 21.7. The Hall–Kier alpha value is -4.11. The minimum atomic E-state index is -4.06. The lowest BCUT2D eigenvalue weighted by molar-refractivity contribution is -0.119. The molecule has 0 aliphatic heterocycles. The smallest absolute Gasteiger partial charge is 0.264 e. The van der Waals surface area contributed by atoms with Crippen LogP contribution in [0.15, 0.2) is 102 Å². The number of benzene rings is 3. The summed E-state index contributed by atoms with van der Waals surface area (Å²) in [4.78, 5) is 12.8. The molecule has 35 heavy (non-hydrogen) atoms. The summed E-state index contributed by atoms with van der Waals surface area (Å²) in [6.07, 6.45) is 3.11. The fourth-order valence-electron chi connectivity index (χ4n) is 3.11. The molecule has 0 saturated heterocycles. The molecule has 3 aromatic carbocycles. The van der Waals surface area contributed by atoms with Gasteiger partial charge in [0, 0.05) is 0 Å². The molecule has 0 aliphatic carbocycles. The van der Waals surface area contributed by atoms with E-state index in [9.17, 15) is 13.2 Å². The first kappa shape index (κ1) is 25.5. The van der Waals surface area contributed by atoms with Gasteiger partial charge in [-0.05, 0) is 61.0 Å². The maximum Gasteiger partial charge on any atom is 0.264 e. The SMILES string of the molecule is C=CCOc1ccc(/C=N\NC(=O)CN(c2ccccc2OCC)S(=O)(=O)c2ccccc2)cc1. The summed E-state index contributed by atoms with van der Waals surface area (Å²) in [5, 5.41) is 3.96. The monoisotopic (exact) mass is 493 g/mol. The first-order valence-electron chi connectivity index (χ1n) is 10.9. The highest BCUT2D eigenvalue weighted by molar-refractivity contribution is 7.92. The molecule has 0 unspecified atom stereocenters. The van der Waals surface area contributed by atoms with Crippen LogP contribution in [0.3, 0.4) is 0 Å². The maximum atomic E-state index is 13.5. The van der Waals surface area contributed by atoms with Gasteiger partial charge in [0.2, 0.25) is 0 Å². The van der Waals surface area contributed by atoms with Crippen LogP contribution >= 0.6 is 0 Å². The van der Waals surface area contributed by atoms with Gasteiger partial charge in [0.05, 0.1) is 23.4 Å². The molecule has 0 saturated carbocycles. The fourth-order valence-corrected chi connectivity index (χ4v) is 4.56. The number of sulfonamides is 1. The highest BCUT2D eigenvalue weighted by Gasteiger charge is 2.29. The molecule has 0 radical (unpaired) electrons. The van der Waals surface area contributed by atoms with Crippen LogP contribution in [0, 0.1) is 0 Å². The standard InChI is InChI=1S/C26H27N3O5S/c1-3-18-34-22-16-14-21(15-17-22)19-27-28-26(30)20-29(24-12-8-9-13-25(24)33-4-2)35(31,32)23-10-6-5-7-11-23/h3,5-17,19H,1,4,18,20H2,2H3,(H,28,30)/b27-19-. The Morgan fingerprint density at radius 2 is 1.69 bits per heavy atom. The average Bonchev–Trinajstić information content (AvgIpc) is 2.88. The summed E-state index contributed by atoms with van der Waals surface area (Å²) in [6.45, 7) is 5.65. The highest BCUT2D eigenvalue weighted by Crippen LogP contribution is 2.32. The predicted molar refractivity (Wildman–Crippen MR) is 136 cm³/mol. The van der Waals surface area contributed by atoms with E-state index < -0.39 is 22.5 Å². The van der Waals surface area contributed by atoms with Gasteiger partial charge in [0.1, 0.15) is 24.7 Å². The molecule has 0 fully saturated rings. The Morgan fingerprint density at radius 3 is 2.37 bits per heavy atom. The number of amides is 1. The zero-order valence-electron chi connectivity index (χ0n) is 19.3. The molecule has 0 heterocycles. The van der Waals surface area contributed by atoms with Crippen LogP contribution in [0.5, 0.6) is 11.5 Å². The zero-order valence-corrected chi connectivity index (χ0v) is 20.1. The van der Waals surface area contributed by atoms with Crippen molar-refractivity contribution in [3.63, 3.8) is 0 Å². The largest absolute Gasteiger partial charge is 0.492 e. The second-order valence-electron chi connectivity index (χ2n) is 7.19. The topological polar surface area (TPSA) is 97.3 Å². The van der Waals surface area contributed by atoms with Crippen LogP contribution in [0.2, 0.25) is 0 Å². The van der Waals surface area contributed by atoms with Crippen molar-refractivity contribution in [3.05, 3.63) is 97.1 Å². The van der Waals surface area contributed by atoms with Crippen LogP contribution < -0.4 is 19.2 Å². The summed E-state index contributed by atoms with van der Waals surface area (Å²) in [5.41, 5.74) is 3.38. The normalized spacial score (nSPS) is 11.1. The van der Waals surface area contributed by atoms with E-state index in [1.54, 1.807) is 79.7 Å². The van der Waals surface area contributed by atoms with Gasteiger partial charge in [-0.25, -0.2) is 13.8 Å². The van der Waals surface area contributed by atoms with Crippen molar-refractivity contribution in [3.8, 4) is 11.5 Å².